The third-order valence-electron chi connectivity index (χ3n) is 2.66. The molecule has 4 heteroatoms. The first-order valence-electron chi connectivity index (χ1n) is 5.81. The number of hydrogen-bond donors (Lipinski definition) is 2. The van der Waals surface area contributed by atoms with Crippen LogP contribution in [-0.2, 0) is 5.92 Å². The number of aliphatic hydroxyl groups excluding tert-OH is 1. The number of hydrogen-bond acceptors (Lipinski definition) is 2. The highest BCUT2D eigenvalue weighted by Crippen LogP contribution is 2.26. The van der Waals surface area contributed by atoms with Gasteiger partial charge in [0.15, 0.2) is 0 Å². The van der Waals surface area contributed by atoms with Crippen LogP contribution in [0, 0.1) is 5.92 Å². The summed E-state index contributed by atoms with van der Waals surface area (Å²) in [6.07, 6.45) is 0.629. The molecule has 0 fully saturated rings. The van der Waals surface area contributed by atoms with Gasteiger partial charge in [0.25, 0.3) is 5.92 Å². The molecule has 0 amide bonds. The largest absolute Gasteiger partial charge is 0.396 e. The number of nitrogens with one attached hydrogen (secondary N) is 1. The van der Waals surface area contributed by atoms with Gasteiger partial charge < -0.3 is 10.4 Å². The Morgan fingerprint density at radius 2 is 1.94 bits per heavy atom. The Balaban J connectivity index is 2.40. The fourth-order valence-electron chi connectivity index (χ4n) is 1.58. The first-order valence-corrected chi connectivity index (χ1v) is 5.81. The normalized spacial score (nSPS) is 13.6. The zero-order valence-corrected chi connectivity index (χ0v) is 10.00. The van der Waals surface area contributed by atoms with Crippen LogP contribution in [0.15, 0.2) is 30.3 Å². The molecule has 0 saturated heterocycles. The molecule has 0 aliphatic carbocycles. The fourth-order valence-corrected chi connectivity index (χ4v) is 1.58. The van der Waals surface area contributed by atoms with Crippen molar-refractivity contribution >= 4 is 0 Å². The van der Waals surface area contributed by atoms with Gasteiger partial charge >= 0.3 is 0 Å². The molecule has 0 saturated carbocycles. The molecule has 0 aliphatic heterocycles. The minimum atomic E-state index is -2.85. The lowest BCUT2D eigenvalue weighted by Crippen LogP contribution is -2.33. The average Bonchev–Trinajstić information content (AvgIpc) is 2.30. The highest BCUT2D eigenvalue weighted by atomic mass is 19.3. The first kappa shape index (κ1) is 14.1. The quantitative estimate of drug-likeness (QED) is 0.770. The Morgan fingerprint density at radius 3 is 2.53 bits per heavy atom. The molecule has 0 radical (unpaired) electrons. The van der Waals surface area contributed by atoms with Crippen LogP contribution in [0.3, 0.4) is 0 Å². The number of alkyl halides is 2. The highest BCUT2D eigenvalue weighted by molar-refractivity contribution is 5.20. The molecule has 1 aromatic carbocycles. The summed E-state index contributed by atoms with van der Waals surface area (Å²) in [6, 6.07) is 7.79. The van der Waals surface area contributed by atoms with E-state index in [4.69, 9.17) is 5.11 Å². The second kappa shape index (κ2) is 6.67. The average molecular weight is 243 g/mol. The highest BCUT2D eigenvalue weighted by Gasteiger charge is 2.30. The Hall–Kier alpha value is -1.00. The second-order valence-corrected chi connectivity index (χ2v) is 4.32. The Morgan fingerprint density at radius 1 is 1.29 bits per heavy atom. The van der Waals surface area contributed by atoms with Gasteiger partial charge in [-0.05, 0) is 18.9 Å². The maximum absolute atomic E-state index is 13.7. The van der Waals surface area contributed by atoms with Crippen LogP contribution in [-0.4, -0.2) is 24.8 Å². The van der Waals surface area contributed by atoms with Crippen LogP contribution in [0.4, 0.5) is 8.78 Å². The van der Waals surface area contributed by atoms with E-state index in [-0.39, 0.29) is 24.6 Å². The molecule has 1 unspecified atom stereocenters. The van der Waals surface area contributed by atoms with Gasteiger partial charge in [0.05, 0.1) is 6.54 Å². The molecule has 1 aromatic rings. The third kappa shape index (κ3) is 4.79. The Kier molecular flexibility index (Phi) is 5.51. The molecule has 2 nitrogen and oxygen atoms in total. The molecule has 2 N–H and O–H groups in total. The van der Waals surface area contributed by atoms with E-state index in [1.54, 1.807) is 18.2 Å². The van der Waals surface area contributed by atoms with Crippen molar-refractivity contribution in [2.45, 2.75) is 19.3 Å². The molecule has 0 aliphatic rings. The minimum Gasteiger partial charge on any atom is -0.396 e. The summed E-state index contributed by atoms with van der Waals surface area (Å²) in [5.74, 6) is -2.65. The minimum absolute atomic E-state index is 0.0299. The summed E-state index contributed by atoms with van der Waals surface area (Å²) in [4.78, 5) is 0. The molecule has 1 rings (SSSR count). The number of aliphatic hydroxyl groups is 1. The van der Waals surface area contributed by atoms with Crippen molar-refractivity contribution in [1.82, 2.24) is 5.32 Å². The molecule has 17 heavy (non-hydrogen) atoms. The van der Waals surface area contributed by atoms with Gasteiger partial charge in [-0.15, -0.1) is 0 Å². The van der Waals surface area contributed by atoms with Crippen molar-refractivity contribution in [2.24, 2.45) is 5.92 Å². The van der Waals surface area contributed by atoms with Crippen molar-refractivity contribution < 1.29 is 13.9 Å². The van der Waals surface area contributed by atoms with Crippen LogP contribution >= 0.6 is 0 Å². The smallest absolute Gasteiger partial charge is 0.285 e. The molecule has 1 atom stereocenters. The Bertz CT molecular complexity index is 316. The van der Waals surface area contributed by atoms with E-state index in [1.165, 1.54) is 12.1 Å². The van der Waals surface area contributed by atoms with E-state index >= 15 is 0 Å². The van der Waals surface area contributed by atoms with Crippen molar-refractivity contribution in [3.63, 3.8) is 0 Å². The van der Waals surface area contributed by atoms with Gasteiger partial charge in [0, 0.05) is 12.2 Å². The predicted octanol–water partition coefficient (Wildman–Crippen LogP) is 2.39. The van der Waals surface area contributed by atoms with Crippen molar-refractivity contribution in [3.05, 3.63) is 35.9 Å². The van der Waals surface area contributed by atoms with Crippen LogP contribution in [0.25, 0.3) is 0 Å². The second-order valence-electron chi connectivity index (χ2n) is 4.32. The predicted molar refractivity (Wildman–Crippen MR) is 64.1 cm³/mol. The molecule has 96 valence electrons. The number of halogens is 2. The standard InChI is InChI=1S/C13H19F2NO/c1-11(7-8-17)9-16-10-13(14,15)12-5-3-2-4-6-12/h2-6,11,16-17H,7-10H2,1H3. The van der Waals surface area contributed by atoms with Gasteiger partial charge in [-0.25, -0.2) is 0 Å². The van der Waals surface area contributed by atoms with Crippen LogP contribution in [0.1, 0.15) is 18.9 Å². The van der Waals surface area contributed by atoms with Crippen molar-refractivity contribution in [1.29, 1.82) is 0 Å². The fraction of sp³-hybridized carbons (Fsp3) is 0.538. The summed E-state index contributed by atoms with van der Waals surface area (Å²) in [5.41, 5.74) is 0.0299. The van der Waals surface area contributed by atoms with Crippen LogP contribution in [0.5, 0.6) is 0 Å². The lowest BCUT2D eigenvalue weighted by molar-refractivity contribution is -0.00381. The molecule has 0 spiro atoms. The summed E-state index contributed by atoms with van der Waals surface area (Å²) in [6.45, 7) is 2.14. The zero-order chi connectivity index (χ0) is 12.7. The lowest BCUT2D eigenvalue weighted by atomic mass is 10.1. The number of rotatable bonds is 7. The van der Waals surface area contributed by atoms with Gasteiger partial charge in [0.1, 0.15) is 0 Å². The van der Waals surface area contributed by atoms with E-state index in [0.29, 0.717) is 13.0 Å². The zero-order valence-electron chi connectivity index (χ0n) is 10.00. The van der Waals surface area contributed by atoms with Gasteiger partial charge in [-0.2, -0.15) is 8.78 Å². The van der Waals surface area contributed by atoms with Crippen LogP contribution in [0.2, 0.25) is 0 Å². The van der Waals surface area contributed by atoms with Gasteiger partial charge in [-0.3, -0.25) is 0 Å². The molecule has 0 bridgehead atoms. The number of benzene rings is 1. The van der Waals surface area contributed by atoms with E-state index < -0.39 is 5.92 Å². The summed E-state index contributed by atoms with van der Waals surface area (Å²) >= 11 is 0. The third-order valence-corrected chi connectivity index (χ3v) is 2.66. The summed E-state index contributed by atoms with van der Waals surface area (Å²) in [5, 5.41) is 11.4. The van der Waals surface area contributed by atoms with Gasteiger partial charge in [-0.1, -0.05) is 37.3 Å². The van der Waals surface area contributed by atoms with E-state index in [2.05, 4.69) is 5.32 Å². The van der Waals surface area contributed by atoms with E-state index in [1.807, 2.05) is 6.92 Å². The van der Waals surface area contributed by atoms with Crippen molar-refractivity contribution in [2.75, 3.05) is 19.7 Å². The molecular formula is C13H19F2NO. The maximum atomic E-state index is 13.7. The molecule has 0 heterocycles. The van der Waals surface area contributed by atoms with Crippen molar-refractivity contribution in [3.8, 4) is 0 Å². The SMILES string of the molecule is CC(CCO)CNCC(F)(F)c1ccccc1. The van der Waals surface area contributed by atoms with E-state index in [0.717, 1.165) is 0 Å². The van der Waals surface area contributed by atoms with Gasteiger partial charge in [0.2, 0.25) is 0 Å². The monoisotopic (exact) mass is 243 g/mol. The lowest BCUT2D eigenvalue weighted by Gasteiger charge is -2.19. The summed E-state index contributed by atoms with van der Waals surface area (Å²) < 4.78 is 27.4. The topological polar surface area (TPSA) is 32.3 Å². The van der Waals surface area contributed by atoms with E-state index in [9.17, 15) is 8.78 Å². The molecular weight excluding hydrogens is 224 g/mol. The summed E-state index contributed by atoms with van der Waals surface area (Å²) in [7, 11) is 0. The first-order chi connectivity index (χ1) is 8.06. The molecule has 0 aromatic heterocycles. The maximum Gasteiger partial charge on any atom is 0.285 e. The van der Waals surface area contributed by atoms with Crippen LogP contribution < -0.4 is 5.32 Å². The Labute approximate surface area is 101 Å².